The quantitative estimate of drug-likeness (QED) is 0.818. The van der Waals surface area contributed by atoms with Crippen LogP contribution in [0.3, 0.4) is 0 Å². The first-order valence-corrected chi connectivity index (χ1v) is 7.35. The molecule has 0 saturated carbocycles. The second-order valence-electron chi connectivity index (χ2n) is 4.23. The van der Waals surface area contributed by atoms with Crippen LogP contribution in [0.25, 0.3) is 10.1 Å². The lowest BCUT2D eigenvalue weighted by atomic mass is 10.2. The number of nitrogens with one attached hydrogen (secondary N) is 1. The average molecular weight is 268 g/mol. The van der Waals surface area contributed by atoms with Crippen LogP contribution in [0.2, 0.25) is 5.02 Å². The molecule has 3 heteroatoms. The Morgan fingerprint density at radius 2 is 1.94 bits per heavy atom. The third-order valence-electron chi connectivity index (χ3n) is 3.14. The van der Waals surface area contributed by atoms with Gasteiger partial charge in [0.2, 0.25) is 0 Å². The molecule has 1 heterocycles. The standard InChI is InChI=1S/C14H18ClNS/c1-3-10(4-2)16-9-13-14(15)11-7-5-6-8-12(11)17-13/h5-8,10,16H,3-4,9H2,1-2H3. The van der Waals surface area contributed by atoms with E-state index in [-0.39, 0.29) is 0 Å². The van der Waals surface area contributed by atoms with Gasteiger partial charge in [-0.1, -0.05) is 43.6 Å². The van der Waals surface area contributed by atoms with E-state index in [4.69, 9.17) is 11.6 Å². The number of halogens is 1. The molecule has 0 saturated heterocycles. The largest absolute Gasteiger partial charge is 0.309 e. The molecule has 0 radical (unpaired) electrons. The van der Waals surface area contributed by atoms with Gasteiger partial charge in [-0.2, -0.15) is 0 Å². The summed E-state index contributed by atoms with van der Waals surface area (Å²) in [4.78, 5) is 1.25. The molecule has 0 atom stereocenters. The zero-order valence-electron chi connectivity index (χ0n) is 10.3. The third kappa shape index (κ3) is 2.82. The Balaban J connectivity index is 2.16. The van der Waals surface area contributed by atoms with Crippen LogP contribution < -0.4 is 5.32 Å². The molecular formula is C14H18ClNS. The van der Waals surface area contributed by atoms with Crippen molar-refractivity contribution in [1.29, 1.82) is 0 Å². The minimum Gasteiger partial charge on any atom is -0.309 e. The summed E-state index contributed by atoms with van der Waals surface area (Å²) in [6, 6.07) is 8.92. The average Bonchev–Trinajstić information content (AvgIpc) is 2.68. The molecule has 2 rings (SSSR count). The minimum absolute atomic E-state index is 0.594. The summed E-state index contributed by atoms with van der Waals surface area (Å²) in [7, 11) is 0. The van der Waals surface area contributed by atoms with Crippen LogP contribution in [0.4, 0.5) is 0 Å². The predicted octanol–water partition coefficient (Wildman–Crippen LogP) is 4.83. The van der Waals surface area contributed by atoms with Crippen LogP contribution >= 0.6 is 22.9 Å². The molecule has 0 amide bonds. The lowest BCUT2D eigenvalue weighted by molar-refractivity contribution is 0.486. The summed E-state index contributed by atoms with van der Waals surface area (Å²) in [5.41, 5.74) is 0. The highest BCUT2D eigenvalue weighted by molar-refractivity contribution is 7.19. The summed E-state index contributed by atoms with van der Waals surface area (Å²) >= 11 is 8.19. The Labute approximate surface area is 112 Å². The van der Waals surface area contributed by atoms with Crippen LogP contribution in [0.5, 0.6) is 0 Å². The second kappa shape index (κ2) is 5.85. The van der Waals surface area contributed by atoms with Gasteiger partial charge < -0.3 is 5.32 Å². The van der Waals surface area contributed by atoms with E-state index in [1.165, 1.54) is 27.8 Å². The third-order valence-corrected chi connectivity index (χ3v) is 4.85. The van der Waals surface area contributed by atoms with Gasteiger partial charge in [-0.05, 0) is 18.9 Å². The summed E-state index contributed by atoms with van der Waals surface area (Å²) in [5.74, 6) is 0. The molecule has 0 aliphatic rings. The van der Waals surface area contributed by atoms with E-state index >= 15 is 0 Å². The van der Waals surface area contributed by atoms with Gasteiger partial charge in [-0.25, -0.2) is 0 Å². The number of fused-ring (bicyclic) bond motifs is 1. The van der Waals surface area contributed by atoms with Gasteiger partial charge >= 0.3 is 0 Å². The molecule has 0 aliphatic carbocycles. The van der Waals surface area contributed by atoms with Crippen molar-refractivity contribution >= 4 is 33.0 Å². The van der Waals surface area contributed by atoms with Gasteiger partial charge in [0.25, 0.3) is 0 Å². The predicted molar refractivity (Wildman–Crippen MR) is 78.0 cm³/mol. The van der Waals surface area contributed by atoms with Crippen LogP contribution in [-0.4, -0.2) is 6.04 Å². The topological polar surface area (TPSA) is 12.0 Å². The van der Waals surface area contributed by atoms with E-state index in [9.17, 15) is 0 Å². The van der Waals surface area contributed by atoms with Gasteiger partial charge in [0.1, 0.15) is 0 Å². The van der Waals surface area contributed by atoms with E-state index in [0.717, 1.165) is 11.6 Å². The van der Waals surface area contributed by atoms with Crippen molar-refractivity contribution in [3.05, 3.63) is 34.2 Å². The van der Waals surface area contributed by atoms with Crippen molar-refractivity contribution in [3.63, 3.8) is 0 Å². The Kier molecular flexibility index (Phi) is 4.43. The molecule has 92 valence electrons. The van der Waals surface area contributed by atoms with Crippen molar-refractivity contribution < 1.29 is 0 Å². The molecule has 1 aromatic heterocycles. The molecule has 0 fully saturated rings. The number of hydrogen-bond donors (Lipinski definition) is 1. The van der Waals surface area contributed by atoms with E-state index in [1.54, 1.807) is 11.3 Å². The molecule has 0 bridgehead atoms. The molecule has 17 heavy (non-hydrogen) atoms. The molecular weight excluding hydrogens is 250 g/mol. The maximum atomic E-state index is 6.40. The Morgan fingerprint density at radius 1 is 1.24 bits per heavy atom. The van der Waals surface area contributed by atoms with E-state index in [0.29, 0.717) is 6.04 Å². The highest BCUT2D eigenvalue weighted by Gasteiger charge is 2.10. The molecule has 0 spiro atoms. The number of hydrogen-bond acceptors (Lipinski definition) is 2. The van der Waals surface area contributed by atoms with Gasteiger partial charge in [0, 0.05) is 27.5 Å². The highest BCUT2D eigenvalue weighted by Crippen LogP contribution is 2.35. The first-order valence-electron chi connectivity index (χ1n) is 6.15. The zero-order chi connectivity index (χ0) is 12.3. The Hall–Kier alpha value is -0.570. The summed E-state index contributed by atoms with van der Waals surface area (Å²) in [6.07, 6.45) is 2.33. The Morgan fingerprint density at radius 3 is 2.59 bits per heavy atom. The fraction of sp³-hybridized carbons (Fsp3) is 0.429. The van der Waals surface area contributed by atoms with Crippen molar-refractivity contribution in [2.24, 2.45) is 0 Å². The molecule has 0 unspecified atom stereocenters. The van der Waals surface area contributed by atoms with Gasteiger partial charge in [-0.15, -0.1) is 11.3 Å². The zero-order valence-corrected chi connectivity index (χ0v) is 11.9. The molecule has 1 nitrogen and oxygen atoms in total. The van der Waals surface area contributed by atoms with Gasteiger partial charge in [0.15, 0.2) is 0 Å². The number of rotatable bonds is 5. The summed E-state index contributed by atoms with van der Waals surface area (Å²) < 4.78 is 1.28. The normalized spacial score (nSPS) is 11.5. The van der Waals surface area contributed by atoms with Crippen LogP contribution in [-0.2, 0) is 6.54 Å². The lowest BCUT2D eigenvalue weighted by Crippen LogP contribution is -2.26. The van der Waals surface area contributed by atoms with Gasteiger partial charge in [0.05, 0.1) is 5.02 Å². The maximum absolute atomic E-state index is 6.40. The van der Waals surface area contributed by atoms with Crippen molar-refractivity contribution in [2.45, 2.75) is 39.3 Å². The van der Waals surface area contributed by atoms with Crippen molar-refractivity contribution in [2.75, 3.05) is 0 Å². The van der Waals surface area contributed by atoms with Crippen LogP contribution in [0.1, 0.15) is 31.6 Å². The molecule has 0 aliphatic heterocycles. The molecule has 2 aromatic rings. The monoisotopic (exact) mass is 267 g/mol. The second-order valence-corrected chi connectivity index (χ2v) is 5.74. The maximum Gasteiger partial charge on any atom is 0.0636 e. The number of thiophene rings is 1. The molecule has 1 aromatic carbocycles. The Bertz CT molecular complexity index is 488. The van der Waals surface area contributed by atoms with Crippen LogP contribution in [0, 0.1) is 0 Å². The fourth-order valence-electron chi connectivity index (χ4n) is 1.99. The lowest BCUT2D eigenvalue weighted by Gasteiger charge is -2.13. The molecule has 1 N–H and O–H groups in total. The summed E-state index contributed by atoms with van der Waals surface area (Å²) in [5, 5.41) is 5.66. The van der Waals surface area contributed by atoms with Gasteiger partial charge in [-0.3, -0.25) is 0 Å². The minimum atomic E-state index is 0.594. The number of benzene rings is 1. The van der Waals surface area contributed by atoms with Crippen LogP contribution in [0.15, 0.2) is 24.3 Å². The van der Waals surface area contributed by atoms with E-state index in [2.05, 4.69) is 37.4 Å². The van der Waals surface area contributed by atoms with Crippen molar-refractivity contribution in [1.82, 2.24) is 5.32 Å². The fourth-order valence-corrected chi connectivity index (χ4v) is 3.44. The first-order chi connectivity index (χ1) is 8.26. The smallest absolute Gasteiger partial charge is 0.0636 e. The first kappa shape index (κ1) is 12.9. The van der Waals surface area contributed by atoms with Crippen molar-refractivity contribution in [3.8, 4) is 0 Å². The highest BCUT2D eigenvalue weighted by atomic mass is 35.5. The van der Waals surface area contributed by atoms with E-state index in [1.807, 2.05) is 6.07 Å². The summed E-state index contributed by atoms with van der Waals surface area (Å²) in [6.45, 7) is 5.31. The SMILES string of the molecule is CCC(CC)NCc1sc2ccccc2c1Cl. The van der Waals surface area contributed by atoms with E-state index < -0.39 is 0 Å².